The summed E-state index contributed by atoms with van der Waals surface area (Å²) in [6, 6.07) is 0. The van der Waals surface area contributed by atoms with Gasteiger partial charge in [0.2, 0.25) is 0 Å². The van der Waals surface area contributed by atoms with Gasteiger partial charge in [-0.3, -0.25) is 0 Å². The highest BCUT2D eigenvalue weighted by atomic mass is 35.5. The zero-order valence-corrected chi connectivity index (χ0v) is 6.62. The maximum Gasteiger partial charge on any atom is 0.118 e. The molecule has 1 nitrogen and oxygen atoms in total. The molecule has 0 spiro atoms. The van der Waals surface area contributed by atoms with Crippen LogP contribution < -0.4 is 0 Å². The second-order valence-electron chi connectivity index (χ2n) is 2.51. The molecule has 0 N–H and O–H groups in total. The molecular weight excluding hydrogens is 148 g/mol. The van der Waals surface area contributed by atoms with E-state index in [1.807, 2.05) is 0 Å². The highest BCUT2D eigenvalue weighted by Crippen LogP contribution is 2.27. The van der Waals surface area contributed by atoms with Crippen molar-refractivity contribution in [1.82, 2.24) is 0 Å². The van der Waals surface area contributed by atoms with Gasteiger partial charge in [0.15, 0.2) is 0 Å². The minimum absolute atomic E-state index is 0. The smallest absolute Gasteiger partial charge is 0.118 e. The summed E-state index contributed by atoms with van der Waals surface area (Å²) < 4.78 is 5.35. The van der Waals surface area contributed by atoms with E-state index in [0.29, 0.717) is 0 Å². The van der Waals surface area contributed by atoms with Crippen LogP contribution in [-0.4, -0.2) is 6.61 Å². The highest BCUT2D eigenvalue weighted by Gasteiger charge is 2.14. The lowest BCUT2D eigenvalue weighted by atomic mass is 10.0. The van der Waals surface area contributed by atoms with Crippen LogP contribution in [0.4, 0.5) is 0 Å². The van der Waals surface area contributed by atoms with Crippen LogP contribution in [0.2, 0.25) is 0 Å². The zero-order chi connectivity index (χ0) is 6.10. The molecule has 1 aliphatic heterocycles. The van der Waals surface area contributed by atoms with E-state index >= 15 is 0 Å². The first-order valence-electron chi connectivity index (χ1n) is 3.48. The van der Waals surface area contributed by atoms with Crippen molar-refractivity contribution in [2.75, 3.05) is 6.61 Å². The van der Waals surface area contributed by atoms with E-state index in [-0.39, 0.29) is 12.4 Å². The number of halogens is 1. The Morgan fingerprint density at radius 2 is 2.20 bits per heavy atom. The summed E-state index contributed by atoms with van der Waals surface area (Å²) in [5.41, 5.74) is 1.53. The highest BCUT2D eigenvalue weighted by molar-refractivity contribution is 5.85. The third-order valence-corrected chi connectivity index (χ3v) is 1.89. The standard InChI is InChI=1S/C8H10O.ClH/c1-2-4-8-7(3-1)5-6-9-8;/h2,4H,1,3,5-6H2;1H. The Hall–Kier alpha value is -0.430. The molecule has 1 heterocycles. The minimum Gasteiger partial charge on any atom is -0.493 e. The van der Waals surface area contributed by atoms with E-state index in [0.717, 1.165) is 12.4 Å². The van der Waals surface area contributed by atoms with Crippen LogP contribution in [-0.2, 0) is 4.74 Å². The molecule has 10 heavy (non-hydrogen) atoms. The molecule has 0 saturated heterocycles. The van der Waals surface area contributed by atoms with Gasteiger partial charge in [-0.25, -0.2) is 0 Å². The van der Waals surface area contributed by atoms with E-state index in [1.165, 1.54) is 24.8 Å². The molecule has 0 aromatic carbocycles. The fraction of sp³-hybridized carbons (Fsp3) is 0.500. The monoisotopic (exact) mass is 158 g/mol. The maximum atomic E-state index is 5.35. The van der Waals surface area contributed by atoms with Crippen molar-refractivity contribution in [3.05, 3.63) is 23.5 Å². The van der Waals surface area contributed by atoms with E-state index in [9.17, 15) is 0 Å². The molecule has 2 rings (SSSR count). The van der Waals surface area contributed by atoms with Crippen molar-refractivity contribution in [1.29, 1.82) is 0 Å². The Morgan fingerprint density at radius 1 is 1.30 bits per heavy atom. The number of hydrogen-bond donors (Lipinski definition) is 0. The molecule has 0 aromatic heterocycles. The van der Waals surface area contributed by atoms with Crippen molar-refractivity contribution in [2.45, 2.75) is 19.3 Å². The molecule has 0 unspecified atom stereocenters. The number of hydrogen-bond acceptors (Lipinski definition) is 1. The fourth-order valence-corrected chi connectivity index (χ4v) is 1.37. The molecule has 0 saturated carbocycles. The molecule has 56 valence electrons. The largest absolute Gasteiger partial charge is 0.493 e. The van der Waals surface area contributed by atoms with Crippen molar-refractivity contribution >= 4 is 12.4 Å². The lowest BCUT2D eigenvalue weighted by Gasteiger charge is -2.04. The van der Waals surface area contributed by atoms with Gasteiger partial charge in [0, 0.05) is 6.42 Å². The van der Waals surface area contributed by atoms with Gasteiger partial charge in [-0.05, 0) is 24.5 Å². The summed E-state index contributed by atoms with van der Waals surface area (Å²) in [7, 11) is 0. The van der Waals surface area contributed by atoms with Crippen LogP contribution in [0.5, 0.6) is 0 Å². The van der Waals surface area contributed by atoms with Crippen LogP contribution in [0, 0.1) is 0 Å². The van der Waals surface area contributed by atoms with Gasteiger partial charge >= 0.3 is 0 Å². The SMILES string of the molecule is C1=CC2=C(CC1)CCO2.Cl. The first-order valence-corrected chi connectivity index (χ1v) is 3.48. The topological polar surface area (TPSA) is 9.23 Å². The lowest BCUT2D eigenvalue weighted by molar-refractivity contribution is 0.257. The number of rotatable bonds is 0. The normalized spacial score (nSPS) is 21.6. The summed E-state index contributed by atoms with van der Waals surface area (Å²) in [4.78, 5) is 0. The third-order valence-electron chi connectivity index (χ3n) is 1.89. The minimum atomic E-state index is 0. The molecule has 2 heteroatoms. The van der Waals surface area contributed by atoms with E-state index in [1.54, 1.807) is 0 Å². The van der Waals surface area contributed by atoms with E-state index in [4.69, 9.17) is 4.74 Å². The van der Waals surface area contributed by atoms with Crippen LogP contribution in [0.25, 0.3) is 0 Å². The van der Waals surface area contributed by atoms with Gasteiger partial charge in [0.05, 0.1) is 6.61 Å². The first-order chi connectivity index (χ1) is 4.47. The Kier molecular flexibility index (Phi) is 2.39. The van der Waals surface area contributed by atoms with Gasteiger partial charge in [0.1, 0.15) is 5.76 Å². The van der Waals surface area contributed by atoms with E-state index in [2.05, 4.69) is 12.2 Å². The molecule has 0 atom stereocenters. The molecule has 0 fully saturated rings. The zero-order valence-electron chi connectivity index (χ0n) is 5.80. The second kappa shape index (κ2) is 3.11. The van der Waals surface area contributed by atoms with Crippen molar-refractivity contribution in [3.63, 3.8) is 0 Å². The van der Waals surface area contributed by atoms with Gasteiger partial charge in [-0.15, -0.1) is 12.4 Å². The Labute approximate surface area is 67.2 Å². The molecule has 0 bridgehead atoms. The van der Waals surface area contributed by atoms with Crippen molar-refractivity contribution < 1.29 is 4.74 Å². The van der Waals surface area contributed by atoms with Gasteiger partial charge in [-0.2, -0.15) is 0 Å². The summed E-state index contributed by atoms with van der Waals surface area (Å²) in [6.45, 7) is 0.912. The first kappa shape index (κ1) is 7.67. The number of allylic oxidation sites excluding steroid dienone is 2. The molecular formula is C8H11ClO. The summed E-state index contributed by atoms with van der Waals surface area (Å²) in [6.07, 6.45) is 7.89. The molecule has 0 aromatic rings. The van der Waals surface area contributed by atoms with Crippen molar-refractivity contribution in [3.8, 4) is 0 Å². The lowest BCUT2D eigenvalue weighted by Crippen LogP contribution is -1.87. The predicted octanol–water partition coefficient (Wildman–Crippen LogP) is 2.43. The average Bonchev–Trinajstić information content (AvgIpc) is 2.33. The Morgan fingerprint density at radius 3 is 3.00 bits per heavy atom. The summed E-state index contributed by atoms with van der Waals surface area (Å²) in [5, 5.41) is 0. The molecule has 1 aliphatic carbocycles. The summed E-state index contributed by atoms with van der Waals surface area (Å²) in [5.74, 6) is 1.15. The molecule has 2 aliphatic rings. The van der Waals surface area contributed by atoms with Crippen molar-refractivity contribution in [2.24, 2.45) is 0 Å². The van der Waals surface area contributed by atoms with Gasteiger partial charge in [-0.1, -0.05) is 6.08 Å². The number of ether oxygens (including phenoxy) is 1. The van der Waals surface area contributed by atoms with Crippen LogP contribution in [0.3, 0.4) is 0 Å². The van der Waals surface area contributed by atoms with Gasteiger partial charge < -0.3 is 4.74 Å². The van der Waals surface area contributed by atoms with Crippen LogP contribution >= 0.6 is 12.4 Å². The second-order valence-corrected chi connectivity index (χ2v) is 2.51. The van der Waals surface area contributed by atoms with Crippen LogP contribution in [0.15, 0.2) is 23.5 Å². The predicted molar refractivity (Wildman–Crippen MR) is 43.2 cm³/mol. The third kappa shape index (κ3) is 1.19. The molecule has 0 amide bonds. The molecule has 0 radical (unpaired) electrons. The maximum absolute atomic E-state index is 5.35. The Bertz CT molecular complexity index is 182. The van der Waals surface area contributed by atoms with E-state index < -0.39 is 0 Å². The van der Waals surface area contributed by atoms with Gasteiger partial charge in [0.25, 0.3) is 0 Å². The van der Waals surface area contributed by atoms with Crippen LogP contribution in [0.1, 0.15) is 19.3 Å². The summed E-state index contributed by atoms with van der Waals surface area (Å²) >= 11 is 0. The fourth-order valence-electron chi connectivity index (χ4n) is 1.37. The average molecular weight is 159 g/mol. The quantitative estimate of drug-likeness (QED) is 0.526. The Balaban J connectivity index is 0.000000500.